The second kappa shape index (κ2) is 3.14. The number of carbonyl (C=O) groups is 1. The van der Waals surface area contributed by atoms with Gasteiger partial charge >= 0.3 is 0 Å². The van der Waals surface area contributed by atoms with Crippen LogP contribution >= 0.6 is 0 Å². The Morgan fingerprint density at radius 2 is 1.71 bits per heavy atom. The van der Waals surface area contributed by atoms with E-state index in [0.29, 0.717) is 0 Å². The lowest BCUT2D eigenvalue weighted by Crippen LogP contribution is -2.21. The van der Waals surface area contributed by atoms with Crippen molar-refractivity contribution in [2.45, 2.75) is 6.92 Å². The molecular formula is C12H9O2-. The lowest BCUT2D eigenvalue weighted by molar-refractivity contribution is -0.255. The minimum Gasteiger partial charge on any atom is -0.545 e. The van der Waals surface area contributed by atoms with Gasteiger partial charge < -0.3 is 9.90 Å². The van der Waals surface area contributed by atoms with Gasteiger partial charge in [-0.1, -0.05) is 35.9 Å². The second-order valence-corrected chi connectivity index (χ2v) is 3.35. The monoisotopic (exact) mass is 185 g/mol. The molecule has 2 heteroatoms. The lowest BCUT2D eigenvalue weighted by Gasteiger charge is -2.04. The molecule has 2 aromatic rings. The first kappa shape index (κ1) is 8.75. The highest BCUT2D eigenvalue weighted by atomic mass is 16.4. The first-order valence-corrected chi connectivity index (χ1v) is 4.38. The highest BCUT2D eigenvalue weighted by Crippen LogP contribution is 2.17. The van der Waals surface area contributed by atoms with Crippen molar-refractivity contribution in [3.8, 4) is 0 Å². The normalized spacial score (nSPS) is 10.4. The Balaban J connectivity index is 2.67. The third-order valence-corrected chi connectivity index (χ3v) is 2.23. The van der Waals surface area contributed by atoms with Crippen molar-refractivity contribution < 1.29 is 9.90 Å². The van der Waals surface area contributed by atoms with Crippen LogP contribution in [0.5, 0.6) is 0 Å². The van der Waals surface area contributed by atoms with E-state index in [0.717, 1.165) is 10.8 Å². The summed E-state index contributed by atoms with van der Waals surface area (Å²) in [6.07, 6.45) is 0. The third kappa shape index (κ3) is 1.46. The summed E-state index contributed by atoms with van der Waals surface area (Å²) in [6, 6.07) is 10.9. The quantitative estimate of drug-likeness (QED) is 0.675. The summed E-state index contributed by atoms with van der Waals surface area (Å²) in [5.74, 6) is -1.13. The number of hydrogen-bond acceptors (Lipinski definition) is 2. The molecule has 2 rings (SSSR count). The summed E-state index contributed by atoms with van der Waals surface area (Å²) in [4.78, 5) is 10.6. The fraction of sp³-hybridized carbons (Fsp3) is 0.0833. The molecule has 0 bridgehead atoms. The molecule has 0 aliphatic carbocycles. The van der Waals surface area contributed by atoms with Crippen LogP contribution in [0.4, 0.5) is 0 Å². The number of fused-ring (bicyclic) bond motifs is 1. The minimum atomic E-state index is -1.13. The molecule has 0 saturated carbocycles. The maximum atomic E-state index is 10.6. The smallest absolute Gasteiger partial charge is 0.0715 e. The van der Waals surface area contributed by atoms with E-state index in [1.807, 2.05) is 25.1 Å². The zero-order valence-electron chi connectivity index (χ0n) is 7.78. The van der Waals surface area contributed by atoms with Crippen LogP contribution in [0.1, 0.15) is 15.9 Å². The molecule has 14 heavy (non-hydrogen) atoms. The Kier molecular flexibility index (Phi) is 1.97. The molecule has 0 aliphatic heterocycles. The van der Waals surface area contributed by atoms with Crippen LogP contribution in [0, 0.1) is 6.92 Å². The van der Waals surface area contributed by atoms with Crippen LogP contribution in [0.25, 0.3) is 10.8 Å². The molecule has 0 heterocycles. The SMILES string of the molecule is Cc1ccc2cc(C(=O)[O-])ccc2c1. The topological polar surface area (TPSA) is 40.1 Å². The molecule has 0 N–H and O–H groups in total. The minimum absolute atomic E-state index is 0.223. The molecule has 0 saturated heterocycles. The van der Waals surface area contributed by atoms with Gasteiger partial charge in [0.1, 0.15) is 0 Å². The molecule has 2 nitrogen and oxygen atoms in total. The standard InChI is InChI=1S/C12H10O2/c1-8-2-3-10-7-11(12(13)14)5-4-9(10)6-8/h2-7H,1H3,(H,13,14)/p-1. The fourth-order valence-corrected chi connectivity index (χ4v) is 1.49. The average molecular weight is 185 g/mol. The number of carboxylic acid groups (broad SMARTS) is 1. The summed E-state index contributed by atoms with van der Waals surface area (Å²) in [7, 11) is 0. The van der Waals surface area contributed by atoms with Gasteiger partial charge in [0.25, 0.3) is 0 Å². The number of hydrogen-bond donors (Lipinski definition) is 0. The Hall–Kier alpha value is -1.83. The zero-order valence-corrected chi connectivity index (χ0v) is 7.78. The first-order valence-electron chi connectivity index (χ1n) is 4.38. The van der Waals surface area contributed by atoms with Crippen molar-refractivity contribution in [3.05, 3.63) is 47.5 Å². The van der Waals surface area contributed by atoms with Crippen LogP contribution in [0.15, 0.2) is 36.4 Å². The highest BCUT2D eigenvalue weighted by Gasteiger charge is 1.97. The summed E-state index contributed by atoms with van der Waals surface area (Å²) >= 11 is 0. The van der Waals surface area contributed by atoms with E-state index in [9.17, 15) is 9.90 Å². The third-order valence-electron chi connectivity index (χ3n) is 2.23. The Bertz CT molecular complexity index is 501. The van der Waals surface area contributed by atoms with Crippen molar-refractivity contribution >= 4 is 16.7 Å². The van der Waals surface area contributed by atoms with Crippen LogP contribution in [0.2, 0.25) is 0 Å². The predicted octanol–water partition coefficient (Wildman–Crippen LogP) is 1.51. The predicted molar refractivity (Wildman–Crippen MR) is 53.0 cm³/mol. The summed E-state index contributed by atoms with van der Waals surface area (Å²) in [5.41, 5.74) is 1.39. The summed E-state index contributed by atoms with van der Waals surface area (Å²) in [6.45, 7) is 2.01. The molecule has 0 spiro atoms. The maximum absolute atomic E-state index is 10.6. The number of aromatic carboxylic acids is 1. The van der Waals surface area contributed by atoms with Gasteiger partial charge in [-0.15, -0.1) is 0 Å². The molecule has 0 aliphatic rings. The van der Waals surface area contributed by atoms with Gasteiger partial charge in [0.05, 0.1) is 5.97 Å². The number of rotatable bonds is 1. The molecule has 2 aromatic carbocycles. The summed E-state index contributed by atoms with van der Waals surface area (Å²) in [5, 5.41) is 12.6. The number of carboxylic acids is 1. The van der Waals surface area contributed by atoms with Gasteiger partial charge in [0.15, 0.2) is 0 Å². The van der Waals surface area contributed by atoms with Crippen molar-refractivity contribution in [1.82, 2.24) is 0 Å². The van der Waals surface area contributed by atoms with E-state index < -0.39 is 5.97 Å². The van der Waals surface area contributed by atoms with Gasteiger partial charge in [-0.3, -0.25) is 0 Å². The van der Waals surface area contributed by atoms with Crippen LogP contribution in [-0.2, 0) is 0 Å². The van der Waals surface area contributed by atoms with E-state index in [1.54, 1.807) is 18.2 Å². The van der Waals surface area contributed by atoms with E-state index in [-0.39, 0.29) is 5.56 Å². The van der Waals surface area contributed by atoms with E-state index in [4.69, 9.17) is 0 Å². The van der Waals surface area contributed by atoms with Crippen LogP contribution < -0.4 is 5.11 Å². The molecule has 0 unspecified atom stereocenters. The largest absolute Gasteiger partial charge is 0.545 e. The number of benzene rings is 2. The molecule has 0 amide bonds. The van der Waals surface area contributed by atoms with Gasteiger partial charge in [0.2, 0.25) is 0 Å². The Morgan fingerprint density at radius 1 is 1.07 bits per heavy atom. The van der Waals surface area contributed by atoms with Crippen LogP contribution in [0.3, 0.4) is 0 Å². The van der Waals surface area contributed by atoms with E-state index in [2.05, 4.69) is 0 Å². The molecule has 70 valence electrons. The van der Waals surface area contributed by atoms with Gasteiger partial charge in [0, 0.05) is 0 Å². The fourth-order valence-electron chi connectivity index (χ4n) is 1.49. The highest BCUT2D eigenvalue weighted by molar-refractivity contribution is 5.93. The number of aryl methyl sites for hydroxylation is 1. The molecule has 0 atom stereocenters. The van der Waals surface area contributed by atoms with E-state index in [1.165, 1.54) is 5.56 Å². The van der Waals surface area contributed by atoms with E-state index >= 15 is 0 Å². The van der Waals surface area contributed by atoms with Crippen LogP contribution in [-0.4, -0.2) is 5.97 Å². The first-order chi connectivity index (χ1) is 6.66. The molecular weight excluding hydrogens is 176 g/mol. The average Bonchev–Trinajstić information content (AvgIpc) is 2.16. The zero-order chi connectivity index (χ0) is 10.1. The Morgan fingerprint density at radius 3 is 2.43 bits per heavy atom. The van der Waals surface area contributed by atoms with Crippen molar-refractivity contribution in [2.75, 3.05) is 0 Å². The van der Waals surface area contributed by atoms with Gasteiger partial charge in [-0.25, -0.2) is 0 Å². The van der Waals surface area contributed by atoms with Crippen molar-refractivity contribution in [2.24, 2.45) is 0 Å². The van der Waals surface area contributed by atoms with Crippen molar-refractivity contribution in [1.29, 1.82) is 0 Å². The van der Waals surface area contributed by atoms with Gasteiger partial charge in [-0.05, 0) is 29.3 Å². The lowest BCUT2D eigenvalue weighted by atomic mass is 10.1. The molecule has 0 radical (unpaired) electrons. The van der Waals surface area contributed by atoms with Crippen molar-refractivity contribution in [3.63, 3.8) is 0 Å². The maximum Gasteiger partial charge on any atom is 0.0715 e. The summed E-state index contributed by atoms with van der Waals surface area (Å²) < 4.78 is 0. The molecule has 0 fully saturated rings. The van der Waals surface area contributed by atoms with Gasteiger partial charge in [-0.2, -0.15) is 0 Å². The number of carbonyl (C=O) groups excluding carboxylic acids is 1. The molecule has 0 aromatic heterocycles. The Labute approximate surface area is 81.8 Å². The second-order valence-electron chi connectivity index (χ2n) is 3.35.